The fourth-order valence-corrected chi connectivity index (χ4v) is 1.63. The van der Waals surface area contributed by atoms with Gasteiger partial charge in [0.25, 0.3) is 0 Å². The third-order valence-corrected chi connectivity index (χ3v) is 2.62. The highest BCUT2D eigenvalue weighted by Gasteiger charge is 2.16. The summed E-state index contributed by atoms with van der Waals surface area (Å²) in [5, 5.41) is 2.82. The van der Waals surface area contributed by atoms with Crippen molar-refractivity contribution in [1.29, 1.82) is 0 Å². The van der Waals surface area contributed by atoms with Gasteiger partial charge in [-0.25, -0.2) is 0 Å². The van der Waals surface area contributed by atoms with Gasteiger partial charge in [-0.05, 0) is 17.5 Å². The number of nitrogens with one attached hydrogen (secondary N) is 1. The van der Waals surface area contributed by atoms with Crippen molar-refractivity contribution in [2.75, 3.05) is 13.1 Å². The second-order valence-corrected chi connectivity index (χ2v) is 4.15. The second-order valence-electron chi connectivity index (χ2n) is 4.15. The molecule has 0 saturated carbocycles. The highest BCUT2D eigenvalue weighted by atomic mass is 16.1. The first-order valence-corrected chi connectivity index (χ1v) is 5.51. The summed E-state index contributed by atoms with van der Waals surface area (Å²) in [7, 11) is 0. The lowest BCUT2D eigenvalue weighted by Crippen LogP contribution is -2.34. The number of hydrogen-bond acceptors (Lipinski definition) is 3. The average Bonchev–Trinajstić information content (AvgIpc) is 2.30. The normalized spacial score (nSPS) is 12.5. The molecule has 16 heavy (non-hydrogen) atoms. The fourth-order valence-electron chi connectivity index (χ4n) is 1.63. The number of rotatable bonds is 5. The minimum atomic E-state index is -0.116. The molecule has 1 rings (SSSR count). The van der Waals surface area contributed by atoms with Crippen molar-refractivity contribution in [3.63, 3.8) is 0 Å². The van der Waals surface area contributed by atoms with Crippen molar-refractivity contribution in [2.24, 2.45) is 11.7 Å². The van der Waals surface area contributed by atoms with Crippen LogP contribution in [0, 0.1) is 5.92 Å². The lowest BCUT2D eigenvalue weighted by molar-refractivity contribution is -0.119. The summed E-state index contributed by atoms with van der Waals surface area (Å²) in [5.41, 5.74) is 6.40. The summed E-state index contributed by atoms with van der Waals surface area (Å²) in [4.78, 5) is 15.2. The molecular formula is C12H19N3O. The maximum Gasteiger partial charge on any atom is 0.233 e. The van der Waals surface area contributed by atoms with Gasteiger partial charge in [-0.15, -0.1) is 0 Å². The first-order valence-electron chi connectivity index (χ1n) is 5.51. The molecule has 0 aliphatic heterocycles. The van der Waals surface area contributed by atoms with Crippen LogP contribution in [0.5, 0.6) is 0 Å². The topological polar surface area (TPSA) is 68.0 Å². The van der Waals surface area contributed by atoms with Crippen LogP contribution in [0.3, 0.4) is 0 Å². The van der Waals surface area contributed by atoms with Gasteiger partial charge in [0, 0.05) is 24.9 Å². The van der Waals surface area contributed by atoms with Crippen LogP contribution in [0.1, 0.15) is 25.3 Å². The number of carbonyl (C=O) groups excluding carboxylic acids is 1. The molecule has 1 amide bonds. The standard InChI is InChI=1S/C12H19N3O/c1-9(2)11(8-15-12(16)6-13)10-4-3-5-14-7-10/h3-5,7,9,11H,6,8,13H2,1-2H3,(H,15,16). The largest absolute Gasteiger partial charge is 0.354 e. The maximum absolute atomic E-state index is 11.1. The van der Waals surface area contributed by atoms with Crippen LogP contribution in [0.25, 0.3) is 0 Å². The van der Waals surface area contributed by atoms with Crippen LogP contribution in [0.2, 0.25) is 0 Å². The number of nitrogens with two attached hydrogens (primary N) is 1. The number of pyridine rings is 1. The van der Waals surface area contributed by atoms with Crippen molar-refractivity contribution >= 4 is 5.91 Å². The van der Waals surface area contributed by atoms with E-state index in [0.29, 0.717) is 12.5 Å². The first-order chi connectivity index (χ1) is 7.65. The number of aromatic nitrogens is 1. The Morgan fingerprint density at radius 3 is 2.81 bits per heavy atom. The van der Waals surface area contributed by atoms with Crippen molar-refractivity contribution in [2.45, 2.75) is 19.8 Å². The van der Waals surface area contributed by atoms with Gasteiger partial charge in [0.1, 0.15) is 0 Å². The smallest absolute Gasteiger partial charge is 0.233 e. The number of nitrogens with zero attached hydrogens (tertiary/aromatic N) is 1. The summed E-state index contributed by atoms with van der Waals surface area (Å²) < 4.78 is 0. The molecular weight excluding hydrogens is 202 g/mol. The van der Waals surface area contributed by atoms with Gasteiger partial charge in [-0.2, -0.15) is 0 Å². The molecule has 3 N–H and O–H groups in total. The van der Waals surface area contributed by atoms with E-state index < -0.39 is 0 Å². The molecule has 0 aliphatic rings. The Morgan fingerprint density at radius 1 is 1.56 bits per heavy atom. The molecule has 0 aliphatic carbocycles. The summed E-state index contributed by atoms with van der Waals surface area (Å²) in [5.74, 6) is 0.612. The van der Waals surface area contributed by atoms with E-state index in [0.717, 1.165) is 5.56 Å². The Kier molecular flexibility index (Phi) is 4.92. The van der Waals surface area contributed by atoms with Crippen LogP contribution < -0.4 is 11.1 Å². The summed E-state index contributed by atoms with van der Waals surface area (Å²) >= 11 is 0. The van der Waals surface area contributed by atoms with Gasteiger partial charge in [-0.3, -0.25) is 9.78 Å². The van der Waals surface area contributed by atoms with E-state index in [4.69, 9.17) is 5.73 Å². The lowest BCUT2D eigenvalue weighted by Gasteiger charge is -2.21. The van der Waals surface area contributed by atoms with E-state index in [2.05, 4.69) is 24.1 Å². The first kappa shape index (κ1) is 12.6. The highest BCUT2D eigenvalue weighted by molar-refractivity contribution is 5.77. The number of hydrogen-bond donors (Lipinski definition) is 2. The van der Waals surface area contributed by atoms with Crippen LogP contribution in [0.15, 0.2) is 24.5 Å². The van der Waals surface area contributed by atoms with Crippen LogP contribution >= 0.6 is 0 Å². The van der Waals surface area contributed by atoms with Crippen molar-refractivity contribution in [3.8, 4) is 0 Å². The molecule has 1 heterocycles. The van der Waals surface area contributed by atoms with Crippen LogP contribution in [-0.4, -0.2) is 24.0 Å². The van der Waals surface area contributed by atoms with Gasteiger partial charge in [-0.1, -0.05) is 19.9 Å². The Balaban J connectivity index is 2.66. The van der Waals surface area contributed by atoms with E-state index in [1.165, 1.54) is 0 Å². The Hall–Kier alpha value is -1.42. The average molecular weight is 221 g/mol. The molecule has 1 unspecified atom stereocenters. The zero-order valence-electron chi connectivity index (χ0n) is 9.81. The monoisotopic (exact) mass is 221 g/mol. The highest BCUT2D eigenvalue weighted by Crippen LogP contribution is 2.22. The third-order valence-electron chi connectivity index (χ3n) is 2.62. The van der Waals surface area contributed by atoms with Gasteiger partial charge >= 0.3 is 0 Å². The molecule has 0 fully saturated rings. The Labute approximate surface area is 96.3 Å². The molecule has 1 aromatic heterocycles. The van der Waals surface area contributed by atoms with Crippen molar-refractivity contribution in [3.05, 3.63) is 30.1 Å². The summed E-state index contributed by atoms with van der Waals surface area (Å²) in [6.45, 7) is 4.91. The lowest BCUT2D eigenvalue weighted by atomic mass is 9.89. The molecule has 0 aromatic carbocycles. The van der Waals surface area contributed by atoms with Gasteiger partial charge in [0.05, 0.1) is 6.54 Å². The zero-order valence-corrected chi connectivity index (χ0v) is 9.81. The minimum absolute atomic E-state index is 0.0395. The predicted octanol–water partition coefficient (Wildman–Crippen LogP) is 0.896. The van der Waals surface area contributed by atoms with E-state index >= 15 is 0 Å². The zero-order chi connectivity index (χ0) is 12.0. The molecule has 0 bridgehead atoms. The van der Waals surface area contributed by atoms with Gasteiger partial charge in [0.15, 0.2) is 0 Å². The van der Waals surface area contributed by atoms with Crippen LogP contribution in [-0.2, 0) is 4.79 Å². The molecule has 0 radical (unpaired) electrons. The SMILES string of the molecule is CC(C)C(CNC(=O)CN)c1cccnc1. The molecule has 4 heteroatoms. The van der Waals surface area contributed by atoms with E-state index in [1.54, 1.807) is 6.20 Å². The summed E-state index contributed by atoms with van der Waals surface area (Å²) in [6, 6.07) is 3.95. The minimum Gasteiger partial charge on any atom is -0.354 e. The molecule has 1 atom stereocenters. The van der Waals surface area contributed by atoms with Crippen molar-refractivity contribution < 1.29 is 4.79 Å². The number of carbonyl (C=O) groups is 1. The fraction of sp³-hybridized carbons (Fsp3) is 0.500. The molecule has 1 aromatic rings. The van der Waals surface area contributed by atoms with Gasteiger partial charge < -0.3 is 11.1 Å². The molecule has 0 spiro atoms. The molecule has 0 saturated heterocycles. The van der Waals surface area contributed by atoms with Gasteiger partial charge in [0.2, 0.25) is 5.91 Å². The Bertz CT molecular complexity index is 324. The maximum atomic E-state index is 11.1. The van der Waals surface area contributed by atoms with E-state index in [-0.39, 0.29) is 18.4 Å². The second kappa shape index (κ2) is 6.23. The molecule has 4 nitrogen and oxygen atoms in total. The summed E-state index contributed by atoms with van der Waals surface area (Å²) in [6.07, 6.45) is 3.60. The molecule has 88 valence electrons. The van der Waals surface area contributed by atoms with Crippen molar-refractivity contribution in [1.82, 2.24) is 10.3 Å². The predicted molar refractivity (Wildman–Crippen MR) is 63.9 cm³/mol. The number of amides is 1. The van der Waals surface area contributed by atoms with Crippen LogP contribution in [0.4, 0.5) is 0 Å². The quantitative estimate of drug-likeness (QED) is 0.776. The van der Waals surface area contributed by atoms with E-state index in [1.807, 2.05) is 18.3 Å². The van der Waals surface area contributed by atoms with E-state index in [9.17, 15) is 4.79 Å². The third kappa shape index (κ3) is 3.62. The Morgan fingerprint density at radius 2 is 2.31 bits per heavy atom.